The highest BCUT2D eigenvalue weighted by molar-refractivity contribution is 6.32. The van der Waals surface area contributed by atoms with E-state index in [4.69, 9.17) is 16.3 Å². The van der Waals surface area contributed by atoms with Crippen molar-refractivity contribution in [3.63, 3.8) is 0 Å². The summed E-state index contributed by atoms with van der Waals surface area (Å²) in [5.74, 6) is 0.347. The second-order valence-electron chi connectivity index (χ2n) is 6.54. The van der Waals surface area contributed by atoms with Crippen LogP contribution >= 0.6 is 11.6 Å². The van der Waals surface area contributed by atoms with Crippen LogP contribution in [0, 0.1) is 5.82 Å². The highest BCUT2D eigenvalue weighted by Crippen LogP contribution is 2.35. The number of hydrogen-bond donors (Lipinski definition) is 1. The van der Waals surface area contributed by atoms with E-state index in [1.807, 2.05) is 33.9 Å². The maximum atomic E-state index is 13.5. The molecular formula is C20H19ClFN3O2. The Morgan fingerprint density at radius 1 is 1.30 bits per heavy atom. The molecular weight excluding hydrogens is 369 g/mol. The van der Waals surface area contributed by atoms with Gasteiger partial charge in [0.05, 0.1) is 17.1 Å². The summed E-state index contributed by atoms with van der Waals surface area (Å²) in [5, 5.41) is 3.98. The number of carbonyl (C=O) groups is 1. The van der Waals surface area contributed by atoms with Crippen LogP contribution < -0.4 is 10.1 Å². The first-order chi connectivity index (χ1) is 13.0. The lowest BCUT2D eigenvalue weighted by molar-refractivity contribution is -0.121. The number of fused-ring (bicyclic) bond motifs is 2. The second kappa shape index (κ2) is 7.21. The predicted molar refractivity (Wildman–Crippen MR) is 103 cm³/mol. The molecule has 0 aliphatic carbocycles. The summed E-state index contributed by atoms with van der Waals surface area (Å²) in [7, 11) is 1.62. The van der Waals surface area contributed by atoms with Crippen LogP contribution in [0.2, 0.25) is 5.02 Å². The quantitative estimate of drug-likeness (QED) is 0.749. The fourth-order valence-electron chi connectivity index (χ4n) is 3.41. The Morgan fingerprint density at radius 2 is 2.15 bits per heavy atom. The van der Waals surface area contributed by atoms with Crippen molar-refractivity contribution >= 4 is 28.4 Å². The van der Waals surface area contributed by atoms with Gasteiger partial charge in [0.1, 0.15) is 18.2 Å². The predicted octanol–water partition coefficient (Wildman–Crippen LogP) is 3.36. The van der Waals surface area contributed by atoms with Crippen LogP contribution in [0.5, 0.6) is 5.75 Å². The number of hydrogen-bond acceptors (Lipinski definition) is 3. The number of rotatable bonds is 3. The van der Waals surface area contributed by atoms with Crippen LogP contribution in [-0.2, 0) is 11.3 Å². The molecule has 1 amide bonds. The lowest BCUT2D eigenvalue weighted by Crippen LogP contribution is -2.36. The Morgan fingerprint density at radius 3 is 2.96 bits per heavy atom. The number of amides is 1. The van der Waals surface area contributed by atoms with Crippen molar-refractivity contribution in [2.75, 3.05) is 26.7 Å². The summed E-state index contributed by atoms with van der Waals surface area (Å²) in [6, 6.07) is 10.4. The third kappa shape index (κ3) is 3.50. The van der Waals surface area contributed by atoms with E-state index in [0.29, 0.717) is 37.0 Å². The molecule has 0 spiro atoms. The van der Waals surface area contributed by atoms with Gasteiger partial charge in [-0.05, 0) is 36.4 Å². The number of benzene rings is 2. The number of halogens is 2. The highest BCUT2D eigenvalue weighted by Gasteiger charge is 2.21. The minimum absolute atomic E-state index is 0.0425. The standard InChI is InChI=1S/C20H19ClFN3O2/c1-23-19(26)12-24-6-7-27-20-14(11-24)9-16(10-17(20)21)25-5-4-13-8-15(22)2-3-18(13)25/h2-5,8-10H,6-7,11-12H2,1H3,(H,23,26). The largest absolute Gasteiger partial charge is 0.490 e. The molecule has 0 atom stereocenters. The van der Waals surface area contributed by atoms with Crippen LogP contribution in [0.1, 0.15) is 5.56 Å². The highest BCUT2D eigenvalue weighted by atomic mass is 35.5. The molecule has 0 unspecified atom stereocenters. The third-order valence-electron chi connectivity index (χ3n) is 4.73. The van der Waals surface area contributed by atoms with Crippen molar-refractivity contribution in [1.82, 2.24) is 14.8 Å². The molecule has 27 heavy (non-hydrogen) atoms. The molecule has 0 bridgehead atoms. The Balaban J connectivity index is 1.74. The van der Waals surface area contributed by atoms with Crippen molar-refractivity contribution in [1.29, 1.82) is 0 Å². The van der Waals surface area contributed by atoms with Gasteiger partial charge in [0, 0.05) is 43.0 Å². The van der Waals surface area contributed by atoms with E-state index >= 15 is 0 Å². The summed E-state index contributed by atoms with van der Waals surface area (Å²) in [6.07, 6.45) is 1.89. The number of likely N-dealkylation sites (N-methyl/N-ethyl adjacent to an activating group) is 1. The second-order valence-corrected chi connectivity index (χ2v) is 6.94. The molecule has 1 N–H and O–H groups in total. The number of carbonyl (C=O) groups excluding carboxylic acids is 1. The van der Waals surface area contributed by atoms with E-state index in [1.54, 1.807) is 13.1 Å². The van der Waals surface area contributed by atoms with E-state index in [9.17, 15) is 9.18 Å². The van der Waals surface area contributed by atoms with Gasteiger partial charge in [-0.2, -0.15) is 0 Å². The molecule has 1 aliphatic heterocycles. The Hall–Kier alpha value is -2.57. The van der Waals surface area contributed by atoms with Gasteiger partial charge in [0.15, 0.2) is 0 Å². The van der Waals surface area contributed by atoms with Crippen molar-refractivity contribution in [3.8, 4) is 11.4 Å². The van der Waals surface area contributed by atoms with Gasteiger partial charge in [-0.3, -0.25) is 9.69 Å². The molecule has 1 aromatic heterocycles. The van der Waals surface area contributed by atoms with Crippen molar-refractivity contribution in [3.05, 3.63) is 59.0 Å². The smallest absolute Gasteiger partial charge is 0.233 e. The SMILES string of the molecule is CNC(=O)CN1CCOc2c(Cl)cc(-n3ccc4cc(F)ccc43)cc2C1. The Kier molecular flexibility index (Phi) is 4.76. The Labute approximate surface area is 161 Å². The normalized spacial score (nSPS) is 14.5. The van der Waals surface area contributed by atoms with Gasteiger partial charge in [0.25, 0.3) is 0 Å². The van der Waals surface area contributed by atoms with E-state index in [-0.39, 0.29) is 11.7 Å². The zero-order chi connectivity index (χ0) is 19.0. The molecule has 0 saturated carbocycles. The fourth-order valence-corrected chi connectivity index (χ4v) is 3.69. The van der Waals surface area contributed by atoms with Gasteiger partial charge < -0.3 is 14.6 Å². The third-order valence-corrected chi connectivity index (χ3v) is 5.01. The molecule has 140 valence electrons. The minimum Gasteiger partial charge on any atom is -0.490 e. The molecule has 2 heterocycles. The monoisotopic (exact) mass is 387 g/mol. The average molecular weight is 388 g/mol. The topological polar surface area (TPSA) is 46.5 Å². The maximum Gasteiger partial charge on any atom is 0.233 e. The van der Waals surface area contributed by atoms with Gasteiger partial charge in [-0.1, -0.05) is 11.6 Å². The maximum absolute atomic E-state index is 13.5. The molecule has 0 radical (unpaired) electrons. The van der Waals surface area contributed by atoms with Gasteiger partial charge in [0.2, 0.25) is 5.91 Å². The van der Waals surface area contributed by atoms with Crippen LogP contribution in [0.15, 0.2) is 42.6 Å². The zero-order valence-electron chi connectivity index (χ0n) is 14.8. The van der Waals surface area contributed by atoms with E-state index in [2.05, 4.69) is 5.32 Å². The van der Waals surface area contributed by atoms with Crippen LogP contribution in [-0.4, -0.2) is 42.1 Å². The molecule has 2 aromatic carbocycles. The van der Waals surface area contributed by atoms with Gasteiger partial charge in [-0.15, -0.1) is 0 Å². The molecule has 3 aromatic rings. The van der Waals surface area contributed by atoms with Crippen LogP contribution in [0.4, 0.5) is 4.39 Å². The minimum atomic E-state index is -0.265. The summed E-state index contributed by atoms with van der Waals surface area (Å²) in [5.41, 5.74) is 2.68. The van der Waals surface area contributed by atoms with E-state index in [1.165, 1.54) is 12.1 Å². The molecule has 7 heteroatoms. The van der Waals surface area contributed by atoms with Gasteiger partial charge in [-0.25, -0.2) is 4.39 Å². The average Bonchev–Trinajstić information content (AvgIpc) is 2.94. The van der Waals surface area contributed by atoms with E-state index in [0.717, 1.165) is 22.2 Å². The van der Waals surface area contributed by atoms with Crippen LogP contribution in [0.3, 0.4) is 0 Å². The van der Waals surface area contributed by atoms with Crippen LogP contribution in [0.25, 0.3) is 16.6 Å². The lowest BCUT2D eigenvalue weighted by atomic mass is 10.1. The van der Waals surface area contributed by atoms with E-state index < -0.39 is 0 Å². The number of aromatic nitrogens is 1. The van der Waals surface area contributed by atoms with Crippen molar-refractivity contribution in [2.45, 2.75) is 6.54 Å². The fraction of sp³-hybridized carbons (Fsp3) is 0.250. The molecule has 0 fully saturated rings. The van der Waals surface area contributed by atoms with Gasteiger partial charge >= 0.3 is 0 Å². The van der Waals surface area contributed by atoms with Crippen molar-refractivity contribution in [2.24, 2.45) is 0 Å². The number of nitrogens with zero attached hydrogens (tertiary/aromatic N) is 2. The Bertz CT molecular complexity index is 1020. The summed E-state index contributed by atoms with van der Waals surface area (Å²) >= 11 is 6.50. The summed E-state index contributed by atoms with van der Waals surface area (Å²) in [4.78, 5) is 13.8. The number of nitrogens with one attached hydrogen (secondary N) is 1. The number of ether oxygens (including phenoxy) is 1. The molecule has 4 rings (SSSR count). The molecule has 1 aliphatic rings. The first-order valence-corrected chi connectivity index (χ1v) is 9.08. The first-order valence-electron chi connectivity index (χ1n) is 8.70. The summed E-state index contributed by atoms with van der Waals surface area (Å²) < 4.78 is 21.3. The molecule has 0 saturated heterocycles. The lowest BCUT2D eigenvalue weighted by Gasteiger charge is -2.18. The van der Waals surface area contributed by atoms with Crippen molar-refractivity contribution < 1.29 is 13.9 Å². The zero-order valence-corrected chi connectivity index (χ0v) is 15.6. The first kappa shape index (κ1) is 17.8. The molecule has 5 nitrogen and oxygen atoms in total. The summed E-state index contributed by atoms with van der Waals surface area (Å²) in [6.45, 7) is 1.96.